The SMILES string of the molecule is NC(CCC(=O)O)c1cccc(N2CCCC2)c1. The minimum atomic E-state index is -0.791. The Balaban J connectivity index is 2.03. The molecule has 0 saturated carbocycles. The Hall–Kier alpha value is -1.55. The van der Waals surface area contributed by atoms with Crippen LogP contribution in [0.4, 0.5) is 5.69 Å². The first-order valence-corrected chi connectivity index (χ1v) is 6.49. The molecule has 4 heteroatoms. The maximum absolute atomic E-state index is 10.5. The maximum atomic E-state index is 10.5. The number of hydrogen-bond acceptors (Lipinski definition) is 3. The minimum Gasteiger partial charge on any atom is -0.481 e. The van der Waals surface area contributed by atoms with E-state index < -0.39 is 5.97 Å². The second-order valence-corrected chi connectivity index (χ2v) is 4.83. The lowest BCUT2D eigenvalue weighted by Gasteiger charge is -2.20. The number of nitrogens with two attached hydrogens (primary N) is 1. The van der Waals surface area contributed by atoms with Crippen LogP contribution in [0.5, 0.6) is 0 Å². The van der Waals surface area contributed by atoms with Crippen LogP contribution in [0.25, 0.3) is 0 Å². The van der Waals surface area contributed by atoms with E-state index in [1.165, 1.54) is 18.5 Å². The van der Waals surface area contributed by atoms with Gasteiger partial charge < -0.3 is 15.7 Å². The van der Waals surface area contributed by atoms with Crippen molar-refractivity contribution in [1.29, 1.82) is 0 Å². The van der Waals surface area contributed by atoms with Gasteiger partial charge in [-0.3, -0.25) is 4.79 Å². The van der Waals surface area contributed by atoms with Crippen molar-refractivity contribution in [2.75, 3.05) is 18.0 Å². The van der Waals surface area contributed by atoms with E-state index in [1.54, 1.807) is 0 Å². The lowest BCUT2D eigenvalue weighted by atomic mass is 10.0. The molecule has 1 aliphatic heterocycles. The van der Waals surface area contributed by atoms with Crippen LogP contribution in [0.3, 0.4) is 0 Å². The second-order valence-electron chi connectivity index (χ2n) is 4.83. The van der Waals surface area contributed by atoms with E-state index in [-0.39, 0.29) is 12.5 Å². The molecule has 0 radical (unpaired) electrons. The van der Waals surface area contributed by atoms with Gasteiger partial charge >= 0.3 is 5.97 Å². The van der Waals surface area contributed by atoms with Gasteiger partial charge in [-0.2, -0.15) is 0 Å². The first kappa shape index (κ1) is 12.9. The highest BCUT2D eigenvalue weighted by Gasteiger charge is 2.14. The van der Waals surface area contributed by atoms with Crippen molar-refractivity contribution >= 4 is 11.7 Å². The van der Waals surface area contributed by atoms with Crippen LogP contribution in [0.2, 0.25) is 0 Å². The zero-order chi connectivity index (χ0) is 13.0. The van der Waals surface area contributed by atoms with E-state index in [4.69, 9.17) is 10.8 Å². The highest BCUT2D eigenvalue weighted by Crippen LogP contribution is 2.24. The van der Waals surface area contributed by atoms with Gasteiger partial charge in [-0.05, 0) is 37.0 Å². The van der Waals surface area contributed by atoms with Crippen LogP contribution < -0.4 is 10.6 Å². The first-order chi connectivity index (χ1) is 8.66. The lowest BCUT2D eigenvalue weighted by Crippen LogP contribution is -2.18. The fourth-order valence-corrected chi connectivity index (χ4v) is 2.37. The summed E-state index contributed by atoms with van der Waals surface area (Å²) in [6.45, 7) is 2.21. The fourth-order valence-electron chi connectivity index (χ4n) is 2.37. The highest BCUT2D eigenvalue weighted by atomic mass is 16.4. The van der Waals surface area contributed by atoms with E-state index >= 15 is 0 Å². The average molecular weight is 248 g/mol. The number of benzene rings is 1. The van der Waals surface area contributed by atoms with Crippen molar-refractivity contribution in [2.45, 2.75) is 31.7 Å². The van der Waals surface area contributed by atoms with Gasteiger partial charge in [0.05, 0.1) is 0 Å². The van der Waals surface area contributed by atoms with Crippen LogP contribution in [-0.2, 0) is 4.79 Å². The standard InChI is InChI=1S/C14H20N2O2/c15-13(6-7-14(17)18)11-4-3-5-12(10-11)16-8-1-2-9-16/h3-5,10,13H,1-2,6-9,15H2,(H,17,18). The van der Waals surface area contributed by atoms with E-state index in [0.717, 1.165) is 18.7 Å². The molecule has 3 N–H and O–H groups in total. The molecular weight excluding hydrogens is 228 g/mol. The number of carboxylic acids is 1. The Morgan fingerprint density at radius 2 is 2.11 bits per heavy atom. The summed E-state index contributed by atoms with van der Waals surface area (Å²) in [5.74, 6) is -0.791. The molecule has 1 saturated heterocycles. The molecule has 1 unspecified atom stereocenters. The molecule has 1 aliphatic rings. The Bertz CT molecular complexity index is 414. The Morgan fingerprint density at radius 3 is 2.78 bits per heavy atom. The number of aliphatic carboxylic acids is 1. The molecular formula is C14H20N2O2. The summed E-state index contributed by atoms with van der Waals surface area (Å²) < 4.78 is 0. The van der Waals surface area contributed by atoms with Gasteiger partial charge in [0.25, 0.3) is 0 Å². The number of anilines is 1. The number of carboxylic acid groups (broad SMARTS) is 1. The van der Waals surface area contributed by atoms with E-state index in [0.29, 0.717) is 6.42 Å². The zero-order valence-corrected chi connectivity index (χ0v) is 10.5. The number of rotatable bonds is 5. The number of nitrogens with zero attached hydrogens (tertiary/aromatic N) is 1. The van der Waals surface area contributed by atoms with Crippen molar-refractivity contribution in [3.05, 3.63) is 29.8 Å². The normalized spacial score (nSPS) is 16.8. The van der Waals surface area contributed by atoms with Crippen molar-refractivity contribution in [3.8, 4) is 0 Å². The summed E-state index contributed by atoms with van der Waals surface area (Å²) in [6.07, 6.45) is 3.10. The number of hydrogen-bond donors (Lipinski definition) is 2. The van der Waals surface area contributed by atoms with Crippen LogP contribution in [0, 0.1) is 0 Å². The highest BCUT2D eigenvalue weighted by molar-refractivity contribution is 5.66. The largest absolute Gasteiger partial charge is 0.481 e. The third-order valence-electron chi connectivity index (χ3n) is 3.44. The topological polar surface area (TPSA) is 66.6 Å². The van der Waals surface area contributed by atoms with Crippen molar-refractivity contribution in [1.82, 2.24) is 0 Å². The molecule has 1 fully saturated rings. The van der Waals surface area contributed by atoms with E-state index in [9.17, 15) is 4.79 Å². The van der Waals surface area contributed by atoms with Gasteiger partial charge in [0.2, 0.25) is 0 Å². The summed E-state index contributed by atoms with van der Waals surface area (Å²) in [5, 5.41) is 8.67. The van der Waals surface area contributed by atoms with Gasteiger partial charge in [-0.25, -0.2) is 0 Å². The average Bonchev–Trinajstić information content (AvgIpc) is 2.90. The van der Waals surface area contributed by atoms with Crippen molar-refractivity contribution in [2.24, 2.45) is 5.73 Å². The molecule has 0 amide bonds. The van der Waals surface area contributed by atoms with Gasteiger partial charge in [0.1, 0.15) is 0 Å². The van der Waals surface area contributed by atoms with E-state index in [2.05, 4.69) is 17.0 Å². The monoisotopic (exact) mass is 248 g/mol. The summed E-state index contributed by atoms with van der Waals surface area (Å²) in [7, 11) is 0. The summed E-state index contributed by atoms with van der Waals surface area (Å²) in [6, 6.07) is 7.98. The van der Waals surface area contributed by atoms with Crippen LogP contribution in [-0.4, -0.2) is 24.2 Å². The molecule has 2 rings (SSSR count). The van der Waals surface area contributed by atoms with Crippen LogP contribution in [0.1, 0.15) is 37.3 Å². The third kappa shape index (κ3) is 3.23. The second kappa shape index (κ2) is 5.87. The number of carbonyl (C=O) groups is 1. The summed E-state index contributed by atoms with van der Waals surface area (Å²) in [5.41, 5.74) is 8.26. The molecule has 98 valence electrons. The third-order valence-corrected chi connectivity index (χ3v) is 3.44. The molecule has 4 nitrogen and oxygen atoms in total. The summed E-state index contributed by atoms with van der Waals surface area (Å²) in [4.78, 5) is 12.9. The molecule has 1 aromatic carbocycles. The van der Waals surface area contributed by atoms with Gasteiger partial charge in [0, 0.05) is 31.2 Å². The Kier molecular flexibility index (Phi) is 4.20. The lowest BCUT2D eigenvalue weighted by molar-refractivity contribution is -0.137. The molecule has 1 heterocycles. The van der Waals surface area contributed by atoms with Gasteiger partial charge in [-0.1, -0.05) is 12.1 Å². The molecule has 0 aliphatic carbocycles. The molecule has 1 aromatic rings. The quantitative estimate of drug-likeness (QED) is 0.838. The first-order valence-electron chi connectivity index (χ1n) is 6.49. The zero-order valence-electron chi connectivity index (χ0n) is 10.5. The van der Waals surface area contributed by atoms with Crippen molar-refractivity contribution in [3.63, 3.8) is 0 Å². The molecule has 0 spiro atoms. The minimum absolute atomic E-state index is 0.120. The van der Waals surface area contributed by atoms with Crippen LogP contribution in [0.15, 0.2) is 24.3 Å². The maximum Gasteiger partial charge on any atom is 0.303 e. The van der Waals surface area contributed by atoms with E-state index in [1.807, 2.05) is 12.1 Å². The summed E-state index contributed by atoms with van der Waals surface area (Å²) >= 11 is 0. The van der Waals surface area contributed by atoms with Crippen LogP contribution >= 0.6 is 0 Å². The van der Waals surface area contributed by atoms with Gasteiger partial charge in [0.15, 0.2) is 0 Å². The molecule has 1 atom stereocenters. The van der Waals surface area contributed by atoms with Crippen molar-refractivity contribution < 1.29 is 9.90 Å². The Labute approximate surface area is 107 Å². The fraction of sp³-hybridized carbons (Fsp3) is 0.500. The smallest absolute Gasteiger partial charge is 0.303 e. The van der Waals surface area contributed by atoms with Gasteiger partial charge in [-0.15, -0.1) is 0 Å². The Morgan fingerprint density at radius 1 is 1.39 bits per heavy atom. The molecule has 0 aromatic heterocycles. The predicted molar refractivity (Wildman–Crippen MR) is 71.7 cm³/mol. The predicted octanol–water partition coefficient (Wildman–Crippen LogP) is 2.15. The molecule has 0 bridgehead atoms. The molecule has 18 heavy (non-hydrogen) atoms.